The van der Waals surface area contributed by atoms with Gasteiger partial charge in [-0.25, -0.2) is 0 Å². The Morgan fingerprint density at radius 2 is 1.52 bits per heavy atom. The molecule has 0 N–H and O–H groups in total. The van der Waals surface area contributed by atoms with E-state index in [1.807, 2.05) is 18.2 Å². The molecule has 2 heteroatoms. The van der Waals surface area contributed by atoms with Gasteiger partial charge in [0, 0.05) is 5.02 Å². The fraction of sp³-hybridized carbons (Fsp3) is 0.0400. The third-order valence-corrected chi connectivity index (χ3v) is 5.43. The summed E-state index contributed by atoms with van der Waals surface area (Å²) in [6, 6.07) is 25.7. The van der Waals surface area contributed by atoms with E-state index in [0.29, 0.717) is 5.02 Å². The van der Waals surface area contributed by atoms with Crippen molar-refractivity contribution in [3.8, 4) is 33.4 Å². The number of ether oxygens (including phenoxy) is 1. The fourth-order valence-electron chi connectivity index (χ4n) is 4.05. The Kier molecular flexibility index (Phi) is 3.77. The first kappa shape index (κ1) is 16.2. The minimum Gasteiger partial charge on any atom is -0.504 e. The Morgan fingerprint density at radius 1 is 0.741 bits per heavy atom. The summed E-state index contributed by atoms with van der Waals surface area (Å²) in [7, 11) is 1.65. The van der Waals surface area contributed by atoms with Crippen LogP contribution in [-0.4, -0.2) is 7.11 Å². The first-order valence-electron chi connectivity index (χ1n) is 8.92. The highest BCUT2D eigenvalue weighted by atomic mass is 35.5. The number of rotatable bonds is 3. The summed E-state index contributed by atoms with van der Waals surface area (Å²) < 4.78 is 5.12. The zero-order chi connectivity index (χ0) is 18.4. The van der Waals surface area contributed by atoms with Crippen LogP contribution in [0.5, 0.6) is 0 Å². The van der Waals surface area contributed by atoms with Crippen LogP contribution in [0, 0.1) is 0 Å². The molecule has 4 aromatic rings. The van der Waals surface area contributed by atoms with Crippen molar-refractivity contribution >= 4 is 28.4 Å². The van der Waals surface area contributed by atoms with Gasteiger partial charge in [-0.3, -0.25) is 0 Å². The quantitative estimate of drug-likeness (QED) is 0.301. The molecule has 0 atom stereocenters. The van der Waals surface area contributed by atoms with E-state index in [1.165, 1.54) is 38.6 Å². The highest BCUT2D eigenvalue weighted by Gasteiger charge is 2.21. The van der Waals surface area contributed by atoms with Gasteiger partial charge in [0.15, 0.2) is 0 Å². The Labute approximate surface area is 163 Å². The second-order valence-electron chi connectivity index (χ2n) is 6.74. The number of hydrogen-bond acceptors (Lipinski definition) is 1. The van der Waals surface area contributed by atoms with Crippen LogP contribution in [0.3, 0.4) is 0 Å². The predicted octanol–water partition coefficient (Wildman–Crippen LogP) is 7.42. The van der Waals surface area contributed by atoms with Crippen LogP contribution in [0.25, 0.3) is 50.2 Å². The van der Waals surface area contributed by atoms with Crippen LogP contribution < -0.4 is 0 Å². The van der Waals surface area contributed by atoms with E-state index >= 15 is 0 Å². The maximum atomic E-state index is 6.24. The molecule has 0 fully saturated rings. The van der Waals surface area contributed by atoms with Crippen LogP contribution in [0.4, 0.5) is 0 Å². The molecule has 1 nitrogen and oxygen atoms in total. The highest BCUT2D eigenvalue weighted by Crippen LogP contribution is 2.48. The van der Waals surface area contributed by atoms with Crippen molar-refractivity contribution in [3.05, 3.63) is 89.6 Å². The monoisotopic (exact) mass is 368 g/mol. The van der Waals surface area contributed by atoms with Gasteiger partial charge in [0.25, 0.3) is 0 Å². The molecule has 0 spiro atoms. The molecular weight excluding hydrogens is 352 g/mol. The molecule has 130 valence electrons. The van der Waals surface area contributed by atoms with E-state index in [9.17, 15) is 0 Å². The zero-order valence-corrected chi connectivity index (χ0v) is 15.6. The third-order valence-electron chi connectivity index (χ3n) is 5.19. The normalized spacial score (nSPS) is 11.9. The molecule has 0 saturated heterocycles. The topological polar surface area (TPSA) is 9.23 Å². The van der Waals surface area contributed by atoms with E-state index in [2.05, 4.69) is 60.7 Å². The number of fused-ring (bicyclic) bond motifs is 3. The maximum absolute atomic E-state index is 6.24. The lowest BCUT2D eigenvalue weighted by Crippen LogP contribution is -1.86. The number of halogens is 1. The maximum Gasteiger partial charge on any atom is 0.0830 e. The van der Waals surface area contributed by atoms with Gasteiger partial charge in [0.05, 0.1) is 13.4 Å². The van der Waals surface area contributed by atoms with E-state index in [1.54, 1.807) is 13.4 Å². The van der Waals surface area contributed by atoms with Gasteiger partial charge in [-0.1, -0.05) is 60.1 Å². The van der Waals surface area contributed by atoms with Crippen molar-refractivity contribution < 1.29 is 4.74 Å². The molecule has 0 bridgehead atoms. The lowest BCUT2D eigenvalue weighted by atomic mass is 9.93. The van der Waals surface area contributed by atoms with Crippen LogP contribution in [-0.2, 0) is 4.74 Å². The largest absolute Gasteiger partial charge is 0.504 e. The van der Waals surface area contributed by atoms with Gasteiger partial charge in [-0.05, 0) is 80.1 Å². The van der Waals surface area contributed by atoms with Crippen LogP contribution in [0.2, 0.25) is 5.02 Å². The van der Waals surface area contributed by atoms with E-state index < -0.39 is 0 Å². The number of methoxy groups -OCH3 is 1. The van der Waals surface area contributed by atoms with E-state index in [0.717, 1.165) is 11.1 Å². The van der Waals surface area contributed by atoms with E-state index in [-0.39, 0.29) is 0 Å². The predicted molar refractivity (Wildman–Crippen MR) is 115 cm³/mol. The first-order valence-corrected chi connectivity index (χ1v) is 9.30. The van der Waals surface area contributed by atoms with Crippen molar-refractivity contribution in [2.75, 3.05) is 7.11 Å². The van der Waals surface area contributed by atoms with E-state index in [4.69, 9.17) is 16.3 Å². The summed E-state index contributed by atoms with van der Waals surface area (Å²) in [5.41, 5.74) is 8.59. The van der Waals surface area contributed by atoms with Gasteiger partial charge in [0.1, 0.15) is 0 Å². The minimum atomic E-state index is 0.715. The molecule has 0 heterocycles. The zero-order valence-electron chi connectivity index (χ0n) is 14.9. The van der Waals surface area contributed by atoms with Crippen LogP contribution in [0.15, 0.2) is 79.1 Å². The summed E-state index contributed by atoms with van der Waals surface area (Å²) in [5, 5.41) is 3.31. The Bertz CT molecular complexity index is 1220. The van der Waals surface area contributed by atoms with Gasteiger partial charge in [-0.2, -0.15) is 0 Å². The molecule has 0 aliphatic heterocycles. The highest BCUT2D eigenvalue weighted by molar-refractivity contribution is 6.30. The second-order valence-corrected chi connectivity index (χ2v) is 7.18. The van der Waals surface area contributed by atoms with Crippen molar-refractivity contribution in [1.82, 2.24) is 0 Å². The molecule has 1 aliphatic carbocycles. The number of benzene rings is 4. The number of hydrogen-bond donors (Lipinski definition) is 0. The Hall–Kier alpha value is -3.03. The second kappa shape index (κ2) is 6.29. The SMILES string of the molecule is CO/C=C/c1cc(Cl)ccc1-c1cc2c3c(cccc3c1)-c1ccccc1-2. The summed E-state index contributed by atoms with van der Waals surface area (Å²) >= 11 is 6.24. The molecule has 0 amide bonds. The fourth-order valence-corrected chi connectivity index (χ4v) is 4.23. The third kappa shape index (κ3) is 2.55. The summed E-state index contributed by atoms with van der Waals surface area (Å²) in [4.78, 5) is 0. The van der Waals surface area contributed by atoms with Gasteiger partial charge < -0.3 is 4.74 Å². The Morgan fingerprint density at radius 3 is 2.33 bits per heavy atom. The molecule has 0 saturated carbocycles. The summed E-state index contributed by atoms with van der Waals surface area (Å²) in [5.74, 6) is 0. The molecule has 0 aromatic heterocycles. The summed E-state index contributed by atoms with van der Waals surface area (Å²) in [6.45, 7) is 0. The van der Waals surface area contributed by atoms with Crippen LogP contribution in [0.1, 0.15) is 5.56 Å². The van der Waals surface area contributed by atoms with Crippen molar-refractivity contribution in [3.63, 3.8) is 0 Å². The molecule has 27 heavy (non-hydrogen) atoms. The smallest absolute Gasteiger partial charge is 0.0830 e. The van der Waals surface area contributed by atoms with Crippen molar-refractivity contribution in [2.24, 2.45) is 0 Å². The molecule has 0 radical (unpaired) electrons. The molecule has 4 aromatic carbocycles. The minimum absolute atomic E-state index is 0.715. The Balaban J connectivity index is 1.80. The van der Waals surface area contributed by atoms with Crippen LogP contribution >= 0.6 is 11.6 Å². The average molecular weight is 369 g/mol. The average Bonchev–Trinajstić information content (AvgIpc) is 3.02. The standard InChI is InChI=1S/C25H17ClO/c1-27-12-11-16-14-19(26)9-10-20(16)18-13-17-5-4-8-23-21-6-2-3-7-22(21)24(15-18)25(17)23/h2-15H,1H3/b12-11+. The van der Waals surface area contributed by atoms with Gasteiger partial charge in [-0.15, -0.1) is 0 Å². The molecular formula is C25H17ClO. The molecule has 0 unspecified atom stereocenters. The lowest BCUT2D eigenvalue weighted by Gasteiger charge is -2.11. The van der Waals surface area contributed by atoms with Crippen molar-refractivity contribution in [2.45, 2.75) is 0 Å². The lowest BCUT2D eigenvalue weighted by molar-refractivity contribution is 0.341. The molecule has 1 aliphatic rings. The molecule has 5 rings (SSSR count). The van der Waals surface area contributed by atoms with Gasteiger partial charge >= 0.3 is 0 Å². The summed E-state index contributed by atoms with van der Waals surface area (Å²) in [6.07, 6.45) is 3.64. The first-order chi connectivity index (χ1) is 13.3. The van der Waals surface area contributed by atoms with Gasteiger partial charge in [0.2, 0.25) is 0 Å². The van der Waals surface area contributed by atoms with Crippen molar-refractivity contribution in [1.29, 1.82) is 0 Å².